The number of ether oxygens (including phenoxy) is 2. The Morgan fingerprint density at radius 3 is 2.62 bits per heavy atom. The molecule has 4 N–H and O–H groups in total. The number of methoxy groups -OCH3 is 1. The molecule has 1 aliphatic rings. The summed E-state index contributed by atoms with van der Waals surface area (Å²) in [6, 6.07) is 13.1. The first kappa shape index (κ1) is 29.2. The third kappa shape index (κ3) is 7.81. The number of nitrogens with one attached hydrogen (secondary N) is 2. The maximum atomic E-state index is 13.1. The summed E-state index contributed by atoms with van der Waals surface area (Å²) in [5.41, 5.74) is 4.18. The number of nitrogens with zero attached hydrogens (tertiary/aromatic N) is 2. The van der Waals surface area contributed by atoms with E-state index in [9.17, 15) is 9.59 Å². The van der Waals surface area contributed by atoms with Crippen molar-refractivity contribution in [3.63, 3.8) is 0 Å². The minimum absolute atomic E-state index is 0.00213. The van der Waals surface area contributed by atoms with Crippen LogP contribution in [0.15, 0.2) is 78.5 Å². The molecule has 2 amide bonds. The van der Waals surface area contributed by atoms with Crippen molar-refractivity contribution in [3.8, 4) is 5.75 Å². The Morgan fingerprint density at radius 2 is 1.95 bits per heavy atom. The zero-order valence-electron chi connectivity index (χ0n) is 23.0. The molecule has 0 aliphatic carbocycles. The van der Waals surface area contributed by atoms with Gasteiger partial charge in [0.25, 0.3) is 5.91 Å². The molecule has 0 radical (unpaired) electrons. The number of hydrogen-bond acceptors (Lipinski definition) is 6. The van der Waals surface area contributed by atoms with Crippen LogP contribution in [-0.4, -0.2) is 47.4 Å². The number of allylic oxidation sites excluding steroid dienone is 3. The molecule has 1 aliphatic heterocycles. The average molecular weight is 532 g/mol. The van der Waals surface area contributed by atoms with E-state index in [2.05, 4.69) is 11.9 Å². The van der Waals surface area contributed by atoms with Crippen molar-refractivity contribution in [1.29, 1.82) is 5.41 Å². The van der Waals surface area contributed by atoms with Crippen LogP contribution < -0.4 is 15.9 Å². The molecule has 0 aromatic heterocycles. The highest BCUT2D eigenvalue weighted by Gasteiger charge is 2.25. The lowest BCUT2D eigenvalue weighted by molar-refractivity contribution is 0.0918. The van der Waals surface area contributed by atoms with Crippen molar-refractivity contribution < 1.29 is 19.1 Å². The van der Waals surface area contributed by atoms with E-state index in [0.717, 1.165) is 16.7 Å². The maximum Gasteiger partial charge on any atom is 0.410 e. The predicted octanol–water partition coefficient (Wildman–Crippen LogP) is 4.70. The zero-order valence-corrected chi connectivity index (χ0v) is 23.0. The van der Waals surface area contributed by atoms with Crippen LogP contribution in [0.1, 0.15) is 47.8 Å². The molecule has 9 heteroatoms. The second-order valence-electron chi connectivity index (χ2n) is 9.57. The topological polar surface area (TPSA) is 121 Å². The SMILES string of the molecule is C=C(/C=C\C=C(/C)C(=N)N(N)C(C)C)NC(=O)c1cc2c(cc1OC)CCN(C(=O)OCc1ccccc1)C2. The van der Waals surface area contributed by atoms with Gasteiger partial charge < -0.3 is 19.7 Å². The number of rotatable bonds is 9. The van der Waals surface area contributed by atoms with Gasteiger partial charge in [0.1, 0.15) is 18.2 Å². The van der Waals surface area contributed by atoms with Crippen LogP contribution >= 0.6 is 0 Å². The Morgan fingerprint density at radius 1 is 1.23 bits per heavy atom. The molecule has 9 nitrogen and oxygen atoms in total. The predicted molar refractivity (Wildman–Crippen MR) is 152 cm³/mol. The van der Waals surface area contributed by atoms with Gasteiger partial charge in [0.05, 0.1) is 12.7 Å². The number of hydrazine groups is 1. The largest absolute Gasteiger partial charge is 0.496 e. The van der Waals surface area contributed by atoms with E-state index in [4.69, 9.17) is 20.7 Å². The molecule has 2 aromatic carbocycles. The molecule has 0 atom stereocenters. The second kappa shape index (κ2) is 13.4. The van der Waals surface area contributed by atoms with Crippen LogP contribution in [-0.2, 0) is 24.3 Å². The number of amides is 2. The van der Waals surface area contributed by atoms with E-state index < -0.39 is 6.09 Å². The standard InChI is InChI=1S/C30H37N5O4/c1-20(2)35(32)28(31)21(3)10-9-11-22(4)33-29(36)26-16-25-18-34(15-14-24(25)17-27(26)38-5)30(37)39-19-23-12-7-6-8-13-23/h6-13,16-17,20,31H,4,14-15,18-19,32H2,1-3,5H3,(H,33,36)/b11-9-,21-10+,31-28?. The van der Waals surface area contributed by atoms with Gasteiger partial charge in [-0.05, 0) is 67.7 Å². The van der Waals surface area contributed by atoms with Gasteiger partial charge in [-0.1, -0.05) is 49.1 Å². The van der Waals surface area contributed by atoms with Crippen LogP contribution in [0.3, 0.4) is 0 Å². The molecule has 206 valence electrons. The summed E-state index contributed by atoms with van der Waals surface area (Å²) in [6.07, 6.45) is 5.30. The molecule has 0 bridgehead atoms. The van der Waals surface area contributed by atoms with E-state index in [1.807, 2.05) is 50.2 Å². The third-order valence-corrected chi connectivity index (χ3v) is 6.35. The van der Waals surface area contributed by atoms with Gasteiger partial charge in [-0.3, -0.25) is 15.2 Å². The van der Waals surface area contributed by atoms with Crippen LogP contribution in [0.2, 0.25) is 0 Å². The fourth-order valence-corrected chi connectivity index (χ4v) is 4.00. The smallest absolute Gasteiger partial charge is 0.410 e. The number of carbonyl (C=O) groups is 2. The molecule has 0 spiro atoms. The minimum atomic E-state index is -0.396. The Kier molecular flexibility index (Phi) is 10.1. The summed E-state index contributed by atoms with van der Waals surface area (Å²) in [5.74, 6) is 6.17. The number of nitrogens with two attached hydrogens (primary N) is 1. The summed E-state index contributed by atoms with van der Waals surface area (Å²) in [7, 11) is 1.52. The maximum absolute atomic E-state index is 13.1. The summed E-state index contributed by atoms with van der Waals surface area (Å²) in [5, 5.41) is 12.3. The first-order valence-corrected chi connectivity index (χ1v) is 12.7. The average Bonchev–Trinajstić information content (AvgIpc) is 2.94. The van der Waals surface area contributed by atoms with Gasteiger partial charge in [0.2, 0.25) is 0 Å². The lowest BCUT2D eigenvalue weighted by atomic mass is 9.96. The van der Waals surface area contributed by atoms with E-state index in [1.165, 1.54) is 12.1 Å². The van der Waals surface area contributed by atoms with Crippen molar-refractivity contribution in [2.75, 3.05) is 13.7 Å². The second-order valence-corrected chi connectivity index (χ2v) is 9.57. The molecule has 0 fully saturated rings. The third-order valence-electron chi connectivity index (χ3n) is 6.35. The van der Waals surface area contributed by atoms with Crippen molar-refractivity contribution in [1.82, 2.24) is 15.2 Å². The number of carbonyl (C=O) groups excluding carboxylic acids is 2. The molecular formula is C30H37N5O4. The van der Waals surface area contributed by atoms with Crippen molar-refractivity contribution in [2.45, 2.75) is 46.4 Å². The molecule has 0 saturated heterocycles. The Bertz CT molecular complexity index is 1280. The lowest BCUT2D eigenvalue weighted by Crippen LogP contribution is -2.42. The molecule has 1 heterocycles. The van der Waals surface area contributed by atoms with Crippen LogP contribution in [0, 0.1) is 5.41 Å². The lowest BCUT2D eigenvalue weighted by Gasteiger charge is -2.29. The van der Waals surface area contributed by atoms with Crippen molar-refractivity contribution in [2.24, 2.45) is 5.84 Å². The molecule has 0 saturated carbocycles. The van der Waals surface area contributed by atoms with E-state index >= 15 is 0 Å². The Balaban J connectivity index is 1.65. The molecule has 3 rings (SSSR count). The van der Waals surface area contributed by atoms with Gasteiger partial charge >= 0.3 is 6.09 Å². The van der Waals surface area contributed by atoms with E-state index in [1.54, 1.807) is 36.1 Å². The van der Waals surface area contributed by atoms with E-state index in [-0.39, 0.29) is 24.4 Å². The summed E-state index contributed by atoms with van der Waals surface area (Å²) >= 11 is 0. The highest BCUT2D eigenvalue weighted by Crippen LogP contribution is 2.28. The summed E-state index contributed by atoms with van der Waals surface area (Å²) < 4.78 is 11.0. The van der Waals surface area contributed by atoms with Crippen molar-refractivity contribution in [3.05, 3.63) is 101 Å². The van der Waals surface area contributed by atoms with Gasteiger partial charge in [-0.25, -0.2) is 10.6 Å². The Hall–Kier alpha value is -4.37. The molecule has 39 heavy (non-hydrogen) atoms. The van der Waals surface area contributed by atoms with Crippen molar-refractivity contribution >= 4 is 17.8 Å². The quantitative estimate of drug-likeness (QED) is 0.142. The molecule has 0 unspecified atom stereocenters. The first-order valence-electron chi connectivity index (χ1n) is 12.7. The zero-order chi connectivity index (χ0) is 28.5. The minimum Gasteiger partial charge on any atom is -0.496 e. The fourth-order valence-electron chi connectivity index (χ4n) is 4.00. The summed E-state index contributed by atoms with van der Waals surface area (Å²) in [6.45, 7) is 10.5. The molecular weight excluding hydrogens is 494 g/mol. The summed E-state index contributed by atoms with van der Waals surface area (Å²) in [4.78, 5) is 27.4. The van der Waals surface area contributed by atoms with Gasteiger partial charge in [-0.15, -0.1) is 0 Å². The number of fused-ring (bicyclic) bond motifs is 1. The number of hydrogen-bond donors (Lipinski definition) is 3. The van der Waals surface area contributed by atoms with Gasteiger partial charge in [0, 0.05) is 24.8 Å². The van der Waals surface area contributed by atoms with Gasteiger partial charge in [0.15, 0.2) is 0 Å². The van der Waals surface area contributed by atoms with E-state index in [0.29, 0.717) is 42.1 Å². The highest BCUT2D eigenvalue weighted by molar-refractivity contribution is 5.98. The first-order chi connectivity index (χ1) is 18.6. The van der Waals surface area contributed by atoms with Crippen LogP contribution in [0.4, 0.5) is 4.79 Å². The van der Waals surface area contributed by atoms with Crippen LogP contribution in [0.25, 0.3) is 0 Å². The number of amidine groups is 1. The normalized spacial score (nSPS) is 13.2. The fraction of sp³-hybridized carbons (Fsp3) is 0.300. The molecule has 2 aromatic rings. The van der Waals surface area contributed by atoms with Gasteiger partial charge in [-0.2, -0.15) is 0 Å². The highest BCUT2D eigenvalue weighted by atomic mass is 16.6. The van der Waals surface area contributed by atoms with Crippen LogP contribution in [0.5, 0.6) is 5.75 Å². The monoisotopic (exact) mass is 531 g/mol. The number of benzene rings is 2. The Labute approximate surface area is 230 Å².